The summed E-state index contributed by atoms with van der Waals surface area (Å²) < 4.78 is 101. The van der Waals surface area contributed by atoms with Crippen molar-refractivity contribution in [1.29, 1.82) is 0 Å². The van der Waals surface area contributed by atoms with Crippen LogP contribution >= 0.6 is 0 Å². The Morgan fingerprint density at radius 1 is 0.826 bits per heavy atom. The highest BCUT2D eigenvalue weighted by molar-refractivity contribution is 5.92. The van der Waals surface area contributed by atoms with Gasteiger partial charge in [0, 0.05) is 44.3 Å². The molecule has 4 N–H and O–H groups in total. The van der Waals surface area contributed by atoms with Crippen molar-refractivity contribution in [3.63, 3.8) is 0 Å². The number of carbonyl (C=O) groups is 4. The second-order valence-electron chi connectivity index (χ2n) is 9.13. The van der Waals surface area contributed by atoms with Gasteiger partial charge in [0.2, 0.25) is 5.91 Å². The quantitative estimate of drug-likeness (QED) is 0.343. The molecule has 256 valence electrons. The first-order valence-corrected chi connectivity index (χ1v) is 12.5. The summed E-state index contributed by atoms with van der Waals surface area (Å²) in [6, 6.07) is 8.10. The average molecular weight is 680 g/mol. The molecule has 2 aliphatic rings. The van der Waals surface area contributed by atoms with E-state index in [-0.39, 0.29) is 17.9 Å². The van der Waals surface area contributed by atoms with Crippen LogP contribution in [0.1, 0.15) is 18.4 Å². The molecule has 0 aromatic carbocycles. The van der Waals surface area contributed by atoms with Crippen LogP contribution in [0.25, 0.3) is 0 Å². The summed E-state index contributed by atoms with van der Waals surface area (Å²) in [6.45, 7) is 2.32. The lowest BCUT2D eigenvalue weighted by atomic mass is 9.89. The minimum absolute atomic E-state index is 0.0399. The predicted octanol–water partition coefficient (Wildman–Crippen LogP) is 3.99. The zero-order chi connectivity index (χ0) is 35.3. The third kappa shape index (κ3) is 14.5. The van der Waals surface area contributed by atoms with Gasteiger partial charge in [-0.2, -0.15) is 39.5 Å². The Bertz CT molecular complexity index is 1220. The van der Waals surface area contributed by atoms with E-state index in [1.165, 1.54) is 5.56 Å². The molecule has 2 aliphatic heterocycles. The van der Waals surface area contributed by atoms with Crippen LogP contribution in [-0.4, -0.2) is 97.8 Å². The molecule has 2 aromatic heterocycles. The van der Waals surface area contributed by atoms with Crippen LogP contribution in [0, 0.1) is 5.92 Å². The zero-order valence-corrected chi connectivity index (χ0v) is 23.0. The maximum Gasteiger partial charge on any atom is 0.490 e. The van der Waals surface area contributed by atoms with E-state index in [0.29, 0.717) is 6.04 Å². The van der Waals surface area contributed by atoms with Crippen molar-refractivity contribution in [3.8, 4) is 0 Å². The molecule has 0 aliphatic carbocycles. The molecule has 0 radical (unpaired) electrons. The van der Waals surface area contributed by atoms with Crippen LogP contribution in [0.2, 0.25) is 0 Å². The van der Waals surface area contributed by atoms with Crippen molar-refractivity contribution >= 4 is 29.5 Å². The van der Waals surface area contributed by atoms with Crippen LogP contribution in [0.4, 0.5) is 45.2 Å². The van der Waals surface area contributed by atoms with Crippen molar-refractivity contribution < 1.29 is 78.7 Å². The minimum atomic E-state index is -5.08. The topological polar surface area (TPSA) is 179 Å². The highest BCUT2D eigenvalue weighted by Gasteiger charge is 2.42. The fourth-order valence-corrected chi connectivity index (χ4v) is 3.83. The van der Waals surface area contributed by atoms with Gasteiger partial charge in [-0.15, -0.1) is 0 Å². The van der Waals surface area contributed by atoms with Gasteiger partial charge in [0.15, 0.2) is 0 Å². The number of pyridine rings is 2. The van der Waals surface area contributed by atoms with E-state index >= 15 is 0 Å². The number of hydrogen-bond acceptors (Lipinski definition) is 8. The normalized spacial score (nSPS) is 19.4. The van der Waals surface area contributed by atoms with Crippen LogP contribution in [0.15, 0.2) is 49.1 Å². The number of piperidine rings is 1. The number of nitrogens with one attached hydrogen (secondary N) is 1. The van der Waals surface area contributed by atoms with Crippen LogP contribution in [-0.2, 0) is 30.5 Å². The van der Waals surface area contributed by atoms with Gasteiger partial charge < -0.3 is 25.4 Å². The number of aromatic nitrogens is 2. The Morgan fingerprint density at radius 3 is 1.72 bits per heavy atom. The molecule has 0 saturated carbocycles. The largest absolute Gasteiger partial charge is 0.490 e. The Balaban J connectivity index is 0.000000413. The second kappa shape index (κ2) is 17.2. The van der Waals surface area contributed by atoms with Gasteiger partial charge in [-0.3, -0.25) is 19.7 Å². The first kappa shape index (κ1) is 39.5. The number of carbonyl (C=O) groups excluding carboxylic acids is 1. The molecule has 12 nitrogen and oxygen atoms in total. The standard InChI is InChI=1S/C19H22N4O2.3C2HF3O2/c24-19(22-16-4-2-7-21-11-16)15-9-18-17(5-8-25-18)23(13-15)12-14-3-1-6-20-10-14;3*3-2(4,5)1(6)7/h1-4,6-7,10-11,15,17-18H,5,8-9,12-13H2,(H,22,24);3*(H,6,7)/t15-,17+,18+;;;/m0.../s1. The van der Waals surface area contributed by atoms with Crippen LogP contribution in [0.3, 0.4) is 0 Å². The number of halogens is 9. The van der Waals surface area contributed by atoms with Crippen molar-refractivity contribution in [2.45, 2.75) is 50.1 Å². The van der Waals surface area contributed by atoms with Gasteiger partial charge in [-0.05, 0) is 36.6 Å². The van der Waals surface area contributed by atoms with E-state index in [9.17, 15) is 44.3 Å². The Hall–Kier alpha value is -4.53. The number of rotatable bonds is 4. The fourth-order valence-electron chi connectivity index (χ4n) is 3.83. The molecular weight excluding hydrogens is 655 g/mol. The van der Waals surface area contributed by atoms with E-state index in [2.05, 4.69) is 26.3 Å². The molecule has 4 heterocycles. The molecule has 1 amide bonds. The van der Waals surface area contributed by atoms with E-state index < -0.39 is 36.4 Å². The Kier molecular flexibility index (Phi) is 14.8. The zero-order valence-electron chi connectivity index (χ0n) is 23.0. The summed E-state index contributed by atoms with van der Waals surface area (Å²) >= 11 is 0. The minimum Gasteiger partial charge on any atom is -0.475 e. The van der Waals surface area contributed by atoms with Crippen molar-refractivity contribution in [2.75, 3.05) is 18.5 Å². The summed E-state index contributed by atoms with van der Waals surface area (Å²) in [5, 5.41) is 24.4. The third-order valence-electron chi connectivity index (χ3n) is 5.75. The number of likely N-dealkylation sites (tertiary alicyclic amines) is 1. The molecule has 21 heteroatoms. The van der Waals surface area contributed by atoms with Crippen molar-refractivity contribution in [3.05, 3.63) is 54.6 Å². The number of aliphatic carboxylic acids is 3. The number of nitrogens with zero attached hydrogens (tertiary/aromatic N) is 3. The number of carboxylic acid groups (broad SMARTS) is 3. The molecular formula is C25H25F9N4O8. The molecule has 0 spiro atoms. The Morgan fingerprint density at radius 2 is 1.30 bits per heavy atom. The summed E-state index contributed by atoms with van der Waals surface area (Å²) in [4.78, 5) is 50.0. The van der Waals surface area contributed by atoms with Crippen LogP contribution < -0.4 is 5.32 Å². The molecule has 46 heavy (non-hydrogen) atoms. The van der Waals surface area contributed by atoms with Gasteiger partial charge in [-0.1, -0.05) is 6.07 Å². The molecule has 2 saturated heterocycles. The van der Waals surface area contributed by atoms with Crippen LogP contribution in [0.5, 0.6) is 0 Å². The number of alkyl halides is 9. The van der Waals surface area contributed by atoms with Gasteiger partial charge in [0.25, 0.3) is 0 Å². The fraction of sp³-hybridized carbons (Fsp3) is 0.440. The molecule has 2 aromatic rings. The lowest BCUT2D eigenvalue weighted by Crippen LogP contribution is -2.51. The first-order chi connectivity index (χ1) is 21.1. The molecule has 0 unspecified atom stereocenters. The Labute approximate surface area is 252 Å². The molecule has 4 rings (SSSR count). The molecule has 0 bridgehead atoms. The SMILES string of the molecule is O=C(Nc1cccnc1)[C@H]1C[C@H]2OCC[C@H]2N(Cc2cccnc2)C1.O=C(O)C(F)(F)F.O=C(O)C(F)(F)F.O=C(O)C(F)(F)F. The molecule has 2 fully saturated rings. The molecule has 3 atom stereocenters. The van der Waals surface area contributed by atoms with Gasteiger partial charge in [0.1, 0.15) is 0 Å². The second-order valence-corrected chi connectivity index (χ2v) is 9.13. The number of amides is 1. The number of fused-ring (bicyclic) bond motifs is 1. The van der Waals surface area contributed by atoms with Gasteiger partial charge in [0.05, 0.1) is 23.9 Å². The van der Waals surface area contributed by atoms with Gasteiger partial charge in [-0.25, -0.2) is 14.4 Å². The smallest absolute Gasteiger partial charge is 0.475 e. The third-order valence-corrected chi connectivity index (χ3v) is 5.75. The number of anilines is 1. The van der Waals surface area contributed by atoms with E-state index in [1.807, 2.05) is 24.4 Å². The van der Waals surface area contributed by atoms with Crippen molar-refractivity contribution in [2.24, 2.45) is 5.92 Å². The van der Waals surface area contributed by atoms with Gasteiger partial charge >= 0.3 is 36.4 Å². The number of carboxylic acids is 3. The van der Waals surface area contributed by atoms with E-state index in [0.717, 1.165) is 38.2 Å². The number of ether oxygens (including phenoxy) is 1. The maximum atomic E-state index is 12.7. The number of hydrogen-bond donors (Lipinski definition) is 4. The van der Waals surface area contributed by atoms with Crippen molar-refractivity contribution in [1.82, 2.24) is 14.9 Å². The monoisotopic (exact) mass is 680 g/mol. The highest BCUT2D eigenvalue weighted by Crippen LogP contribution is 2.33. The summed E-state index contributed by atoms with van der Waals surface area (Å²) in [7, 11) is 0. The average Bonchev–Trinajstić information content (AvgIpc) is 3.43. The summed E-state index contributed by atoms with van der Waals surface area (Å²) in [5.74, 6) is -8.32. The maximum absolute atomic E-state index is 12.7. The van der Waals surface area contributed by atoms with E-state index in [4.69, 9.17) is 34.4 Å². The summed E-state index contributed by atoms with van der Waals surface area (Å²) in [6.07, 6.45) is -6.26. The van der Waals surface area contributed by atoms with E-state index in [1.54, 1.807) is 18.6 Å². The first-order valence-electron chi connectivity index (χ1n) is 12.5. The highest BCUT2D eigenvalue weighted by atomic mass is 19.4. The predicted molar refractivity (Wildman–Crippen MR) is 135 cm³/mol. The lowest BCUT2D eigenvalue weighted by Gasteiger charge is -2.40. The summed E-state index contributed by atoms with van der Waals surface area (Å²) in [5.41, 5.74) is 1.90. The lowest BCUT2D eigenvalue weighted by molar-refractivity contribution is -0.193.